The Morgan fingerprint density at radius 1 is 0.579 bits per heavy atom. The molecule has 0 saturated carbocycles. The fourth-order valence-electron chi connectivity index (χ4n) is 2.57. The zero-order valence-electron chi connectivity index (χ0n) is 10.4. The first-order chi connectivity index (χ1) is 9.43. The number of benzene rings is 3. The van der Waals surface area contributed by atoms with Crippen LogP contribution in [0.25, 0.3) is 22.3 Å². The Morgan fingerprint density at radius 3 is 1.89 bits per heavy atom. The minimum atomic E-state index is 0.903. The molecule has 0 amide bonds. The summed E-state index contributed by atoms with van der Waals surface area (Å²) in [7, 11) is 0.903. The maximum Gasteiger partial charge on any atom is -0.00213 e. The molecular weight excluding hydrogens is 247 g/mol. The second kappa shape index (κ2) is 4.33. The van der Waals surface area contributed by atoms with E-state index < -0.39 is 0 Å². The molecule has 0 spiro atoms. The molecule has 1 heteroatoms. The van der Waals surface area contributed by atoms with Crippen LogP contribution in [0.5, 0.6) is 0 Å². The fraction of sp³-hybridized carbons (Fsp3) is 0. The summed E-state index contributed by atoms with van der Waals surface area (Å²) in [6, 6.07) is 26.0. The highest BCUT2D eigenvalue weighted by molar-refractivity contribution is 7.68. The Hall–Kier alpha value is -1.91. The Bertz CT molecular complexity index is 730. The van der Waals surface area contributed by atoms with E-state index in [1.165, 1.54) is 27.6 Å². The third kappa shape index (κ3) is 1.89. The van der Waals surface area contributed by atoms with Crippen molar-refractivity contribution in [1.82, 2.24) is 0 Å². The molecule has 0 nitrogen and oxygen atoms in total. The lowest BCUT2D eigenvalue weighted by atomic mass is 9.95. The maximum atomic E-state index is 2.28. The lowest BCUT2D eigenvalue weighted by molar-refractivity contribution is 1.62. The average molecular weight is 260 g/mol. The van der Waals surface area contributed by atoms with Gasteiger partial charge in [0.1, 0.15) is 0 Å². The lowest BCUT2D eigenvalue weighted by Crippen LogP contribution is -1.98. The molecule has 0 fully saturated rings. The molecular formula is C18H13P. The summed E-state index contributed by atoms with van der Waals surface area (Å²) < 4.78 is 0. The third-order valence-corrected chi connectivity index (χ3v) is 4.76. The van der Waals surface area contributed by atoms with Gasteiger partial charge in [-0.05, 0) is 32.9 Å². The van der Waals surface area contributed by atoms with Crippen molar-refractivity contribution in [3.8, 4) is 22.3 Å². The first-order valence-corrected chi connectivity index (χ1v) is 7.48. The topological polar surface area (TPSA) is 0 Å². The standard InChI is InChI=1S/C18H13P/c1-3-7-13(8-4-1)15-11-12-16-18(19-16)17(15)14-9-5-2-6-10-14/h1-12,19H. The number of hydrogen-bond donors (Lipinski definition) is 0. The zero-order valence-corrected chi connectivity index (χ0v) is 11.4. The van der Waals surface area contributed by atoms with E-state index in [1.54, 1.807) is 5.30 Å². The highest BCUT2D eigenvalue weighted by Gasteiger charge is 2.24. The normalized spacial score (nSPS) is 13.3. The summed E-state index contributed by atoms with van der Waals surface area (Å²) in [6.07, 6.45) is 0. The van der Waals surface area contributed by atoms with Crippen LogP contribution in [0.4, 0.5) is 0 Å². The van der Waals surface area contributed by atoms with Crippen molar-refractivity contribution in [3.05, 3.63) is 72.8 Å². The van der Waals surface area contributed by atoms with Crippen molar-refractivity contribution in [1.29, 1.82) is 0 Å². The lowest BCUT2D eigenvalue weighted by Gasteiger charge is -2.09. The zero-order chi connectivity index (χ0) is 12.7. The molecule has 3 aromatic rings. The molecule has 0 radical (unpaired) electrons. The maximum absolute atomic E-state index is 2.28. The molecule has 90 valence electrons. The Balaban J connectivity index is 1.97. The summed E-state index contributed by atoms with van der Waals surface area (Å²) >= 11 is 0. The summed E-state index contributed by atoms with van der Waals surface area (Å²) in [6.45, 7) is 0. The molecule has 0 saturated heterocycles. The van der Waals surface area contributed by atoms with Gasteiger partial charge in [-0.15, -0.1) is 0 Å². The van der Waals surface area contributed by atoms with Gasteiger partial charge in [0, 0.05) is 0 Å². The van der Waals surface area contributed by atoms with Gasteiger partial charge in [0.2, 0.25) is 0 Å². The Kier molecular flexibility index (Phi) is 2.50. The van der Waals surface area contributed by atoms with Crippen LogP contribution in [0, 0.1) is 0 Å². The van der Waals surface area contributed by atoms with Crippen molar-refractivity contribution in [3.63, 3.8) is 0 Å². The van der Waals surface area contributed by atoms with Gasteiger partial charge in [0.05, 0.1) is 0 Å². The van der Waals surface area contributed by atoms with Crippen LogP contribution in [0.2, 0.25) is 0 Å². The highest BCUT2D eigenvalue weighted by Crippen LogP contribution is 2.39. The van der Waals surface area contributed by atoms with Gasteiger partial charge >= 0.3 is 0 Å². The SMILES string of the molecule is c1ccc(-c2ccc3c(c2-c2ccccc2)P3)cc1. The molecule has 1 unspecified atom stereocenters. The van der Waals surface area contributed by atoms with Gasteiger partial charge in [-0.3, -0.25) is 0 Å². The van der Waals surface area contributed by atoms with Crippen LogP contribution in [0.1, 0.15) is 0 Å². The Labute approximate surface area is 114 Å². The fourth-order valence-corrected chi connectivity index (χ4v) is 3.56. The summed E-state index contributed by atoms with van der Waals surface area (Å²) in [5.74, 6) is 0. The van der Waals surface area contributed by atoms with Crippen LogP contribution < -0.4 is 10.6 Å². The molecule has 1 aliphatic heterocycles. The first-order valence-electron chi connectivity index (χ1n) is 6.48. The van der Waals surface area contributed by atoms with Gasteiger partial charge in [-0.25, -0.2) is 0 Å². The van der Waals surface area contributed by atoms with E-state index in [-0.39, 0.29) is 0 Å². The third-order valence-electron chi connectivity index (χ3n) is 3.55. The molecule has 0 aliphatic carbocycles. The van der Waals surface area contributed by atoms with E-state index in [4.69, 9.17) is 0 Å². The van der Waals surface area contributed by atoms with Crippen molar-refractivity contribution >= 4 is 19.2 Å². The predicted molar refractivity (Wildman–Crippen MR) is 84.9 cm³/mol. The highest BCUT2D eigenvalue weighted by atomic mass is 31.1. The molecule has 0 N–H and O–H groups in total. The quantitative estimate of drug-likeness (QED) is 0.478. The van der Waals surface area contributed by atoms with Gasteiger partial charge in [-0.1, -0.05) is 81.4 Å². The van der Waals surface area contributed by atoms with Crippen LogP contribution in [-0.4, -0.2) is 0 Å². The van der Waals surface area contributed by atoms with E-state index in [9.17, 15) is 0 Å². The van der Waals surface area contributed by atoms with E-state index >= 15 is 0 Å². The summed E-state index contributed by atoms with van der Waals surface area (Å²) in [5, 5.41) is 3.08. The van der Waals surface area contributed by atoms with E-state index in [0.717, 1.165) is 8.58 Å². The molecule has 3 aromatic carbocycles. The number of hydrogen-bond acceptors (Lipinski definition) is 0. The largest absolute Gasteiger partial charge is 0.0622 e. The predicted octanol–water partition coefficient (Wildman–Crippen LogP) is 3.96. The number of rotatable bonds is 2. The molecule has 1 atom stereocenters. The molecule has 1 aliphatic rings. The monoisotopic (exact) mass is 260 g/mol. The van der Waals surface area contributed by atoms with Crippen LogP contribution >= 0.6 is 8.58 Å². The van der Waals surface area contributed by atoms with Crippen molar-refractivity contribution in [2.24, 2.45) is 0 Å². The smallest absolute Gasteiger partial charge is 0.00213 e. The minimum absolute atomic E-state index is 0.903. The molecule has 0 aromatic heterocycles. The van der Waals surface area contributed by atoms with E-state index in [2.05, 4.69) is 72.8 Å². The Morgan fingerprint density at radius 2 is 1.21 bits per heavy atom. The second-order valence-corrected chi connectivity index (χ2v) is 6.06. The van der Waals surface area contributed by atoms with Gasteiger partial charge < -0.3 is 0 Å². The van der Waals surface area contributed by atoms with E-state index in [0.29, 0.717) is 0 Å². The van der Waals surface area contributed by atoms with Crippen molar-refractivity contribution in [2.45, 2.75) is 0 Å². The number of fused-ring (bicyclic) bond motifs is 1. The molecule has 1 heterocycles. The van der Waals surface area contributed by atoms with Crippen molar-refractivity contribution < 1.29 is 0 Å². The average Bonchev–Trinajstić information content (AvgIpc) is 3.27. The first kappa shape index (κ1) is 11.0. The molecule has 4 rings (SSSR count). The van der Waals surface area contributed by atoms with Gasteiger partial charge in [-0.2, -0.15) is 0 Å². The van der Waals surface area contributed by atoms with Crippen LogP contribution in [0.15, 0.2) is 72.8 Å². The van der Waals surface area contributed by atoms with Crippen molar-refractivity contribution in [2.75, 3.05) is 0 Å². The summed E-state index contributed by atoms with van der Waals surface area (Å²) in [4.78, 5) is 0. The van der Waals surface area contributed by atoms with Crippen LogP contribution in [-0.2, 0) is 0 Å². The minimum Gasteiger partial charge on any atom is -0.0622 e. The van der Waals surface area contributed by atoms with E-state index in [1.807, 2.05) is 0 Å². The second-order valence-electron chi connectivity index (χ2n) is 4.77. The van der Waals surface area contributed by atoms with Crippen LogP contribution in [0.3, 0.4) is 0 Å². The van der Waals surface area contributed by atoms with Gasteiger partial charge in [0.25, 0.3) is 0 Å². The molecule has 0 bridgehead atoms. The summed E-state index contributed by atoms with van der Waals surface area (Å²) in [5.41, 5.74) is 5.43. The van der Waals surface area contributed by atoms with Gasteiger partial charge in [0.15, 0.2) is 0 Å². The molecule has 19 heavy (non-hydrogen) atoms.